The van der Waals surface area contributed by atoms with E-state index >= 15 is 0 Å². The fourth-order valence-electron chi connectivity index (χ4n) is 1.68. The molecule has 1 heterocycles. The molecule has 0 saturated carbocycles. The zero-order valence-corrected chi connectivity index (χ0v) is 8.78. The van der Waals surface area contributed by atoms with Crippen LogP contribution in [0.25, 0.3) is 0 Å². The third kappa shape index (κ3) is 2.71. The molecule has 1 aromatic rings. The van der Waals surface area contributed by atoms with E-state index in [1.165, 1.54) is 18.2 Å². The average molecular weight is 221 g/mol. The standard InChI is InChI=1S/C12H12FNO2/c13-10-4-9(7-14)5-12(6-10)16-8-11-2-1-3-15-11/h4-6,11H,1-3,8H2. The number of nitriles is 1. The quantitative estimate of drug-likeness (QED) is 0.786. The van der Waals surface area contributed by atoms with Gasteiger partial charge in [0.25, 0.3) is 0 Å². The largest absolute Gasteiger partial charge is 0.491 e. The van der Waals surface area contributed by atoms with Crippen LogP contribution in [0.3, 0.4) is 0 Å². The molecule has 1 fully saturated rings. The number of ether oxygens (including phenoxy) is 2. The maximum absolute atomic E-state index is 13.1. The van der Waals surface area contributed by atoms with Gasteiger partial charge in [0.1, 0.15) is 18.2 Å². The molecule has 3 nitrogen and oxygen atoms in total. The van der Waals surface area contributed by atoms with E-state index in [0.717, 1.165) is 19.4 Å². The van der Waals surface area contributed by atoms with Crippen molar-refractivity contribution in [3.63, 3.8) is 0 Å². The Bertz CT molecular complexity index is 408. The Morgan fingerprint density at radius 2 is 2.38 bits per heavy atom. The van der Waals surface area contributed by atoms with E-state index in [-0.39, 0.29) is 11.7 Å². The summed E-state index contributed by atoms with van der Waals surface area (Å²) in [5, 5.41) is 8.67. The summed E-state index contributed by atoms with van der Waals surface area (Å²) in [6.07, 6.45) is 2.11. The summed E-state index contributed by atoms with van der Waals surface area (Å²) in [7, 11) is 0. The van der Waals surface area contributed by atoms with Gasteiger partial charge in [0.2, 0.25) is 0 Å². The molecule has 0 radical (unpaired) electrons. The van der Waals surface area contributed by atoms with Gasteiger partial charge < -0.3 is 9.47 Å². The average Bonchev–Trinajstić information content (AvgIpc) is 2.78. The highest BCUT2D eigenvalue weighted by Gasteiger charge is 2.16. The Balaban J connectivity index is 1.98. The van der Waals surface area contributed by atoms with Crippen LogP contribution in [0.15, 0.2) is 18.2 Å². The second-order valence-electron chi connectivity index (χ2n) is 3.73. The minimum absolute atomic E-state index is 0.0915. The second-order valence-corrected chi connectivity index (χ2v) is 3.73. The normalized spacial score (nSPS) is 19.4. The first-order valence-electron chi connectivity index (χ1n) is 5.23. The van der Waals surface area contributed by atoms with Gasteiger partial charge in [-0.15, -0.1) is 0 Å². The van der Waals surface area contributed by atoms with Crippen molar-refractivity contribution in [2.45, 2.75) is 18.9 Å². The molecule has 0 N–H and O–H groups in total. The molecular weight excluding hydrogens is 209 g/mol. The predicted molar refractivity (Wildman–Crippen MR) is 55.6 cm³/mol. The number of halogens is 1. The summed E-state index contributed by atoms with van der Waals surface area (Å²) in [6, 6.07) is 5.86. The minimum atomic E-state index is -0.457. The zero-order valence-electron chi connectivity index (χ0n) is 8.78. The molecule has 1 unspecified atom stereocenters. The lowest BCUT2D eigenvalue weighted by molar-refractivity contribution is 0.0678. The van der Waals surface area contributed by atoms with Crippen LogP contribution >= 0.6 is 0 Å². The fourth-order valence-corrected chi connectivity index (χ4v) is 1.68. The number of rotatable bonds is 3. The van der Waals surface area contributed by atoms with E-state index < -0.39 is 5.82 Å². The second kappa shape index (κ2) is 4.95. The van der Waals surface area contributed by atoms with E-state index in [1.807, 2.05) is 6.07 Å². The first kappa shape index (κ1) is 10.9. The first-order chi connectivity index (χ1) is 7.78. The number of hydrogen-bond acceptors (Lipinski definition) is 3. The van der Waals surface area contributed by atoms with Gasteiger partial charge in [0, 0.05) is 12.7 Å². The topological polar surface area (TPSA) is 42.2 Å². The molecule has 4 heteroatoms. The van der Waals surface area contributed by atoms with Crippen LogP contribution < -0.4 is 4.74 Å². The van der Waals surface area contributed by atoms with Crippen LogP contribution in [0, 0.1) is 17.1 Å². The molecule has 0 spiro atoms. The van der Waals surface area contributed by atoms with E-state index in [1.54, 1.807) is 0 Å². The van der Waals surface area contributed by atoms with Gasteiger partial charge in [-0.3, -0.25) is 0 Å². The lowest BCUT2D eigenvalue weighted by atomic mass is 10.2. The van der Waals surface area contributed by atoms with Gasteiger partial charge in [-0.05, 0) is 25.0 Å². The van der Waals surface area contributed by atoms with Gasteiger partial charge in [0.05, 0.1) is 17.7 Å². The summed E-state index contributed by atoms with van der Waals surface area (Å²) in [6.45, 7) is 1.18. The molecule has 2 rings (SSSR count). The lowest BCUT2D eigenvalue weighted by Crippen LogP contribution is -2.16. The Morgan fingerprint density at radius 3 is 3.06 bits per heavy atom. The SMILES string of the molecule is N#Cc1cc(F)cc(OCC2CCCO2)c1. The Morgan fingerprint density at radius 1 is 1.50 bits per heavy atom. The molecule has 0 aromatic heterocycles. The molecule has 1 atom stereocenters. The molecule has 1 aromatic carbocycles. The zero-order chi connectivity index (χ0) is 11.4. The highest BCUT2D eigenvalue weighted by atomic mass is 19.1. The van der Waals surface area contributed by atoms with Gasteiger partial charge >= 0.3 is 0 Å². The molecule has 0 amide bonds. The molecule has 1 saturated heterocycles. The maximum Gasteiger partial charge on any atom is 0.128 e. The summed E-state index contributed by atoms with van der Waals surface area (Å²) < 4.78 is 23.8. The van der Waals surface area contributed by atoms with E-state index in [2.05, 4.69) is 0 Å². The molecule has 0 bridgehead atoms. The molecular formula is C12H12FNO2. The minimum Gasteiger partial charge on any atom is -0.491 e. The third-order valence-corrected chi connectivity index (χ3v) is 2.46. The summed E-state index contributed by atoms with van der Waals surface area (Å²) in [5.74, 6) is -0.0755. The molecule has 16 heavy (non-hydrogen) atoms. The Kier molecular flexibility index (Phi) is 3.37. The van der Waals surface area contributed by atoms with Gasteiger partial charge in [0.15, 0.2) is 0 Å². The van der Waals surface area contributed by atoms with Crippen LogP contribution in [-0.4, -0.2) is 19.3 Å². The predicted octanol–water partition coefficient (Wildman–Crippen LogP) is 2.26. The van der Waals surface area contributed by atoms with Crippen molar-refractivity contribution in [1.29, 1.82) is 5.26 Å². The van der Waals surface area contributed by atoms with Crippen molar-refractivity contribution < 1.29 is 13.9 Å². The third-order valence-electron chi connectivity index (χ3n) is 2.46. The van der Waals surface area contributed by atoms with Crippen molar-refractivity contribution in [3.8, 4) is 11.8 Å². The molecule has 84 valence electrons. The maximum atomic E-state index is 13.1. The van der Waals surface area contributed by atoms with Crippen molar-refractivity contribution in [3.05, 3.63) is 29.6 Å². The Hall–Kier alpha value is -1.60. The van der Waals surface area contributed by atoms with Crippen molar-refractivity contribution in [1.82, 2.24) is 0 Å². The highest BCUT2D eigenvalue weighted by molar-refractivity contribution is 5.37. The van der Waals surface area contributed by atoms with Crippen molar-refractivity contribution >= 4 is 0 Å². The van der Waals surface area contributed by atoms with E-state index in [9.17, 15) is 4.39 Å². The van der Waals surface area contributed by atoms with Crippen molar-refractivity contribution in [2.75, 3.05) is 13.2 Å². The van der Waals surface area contributed by atoms with Crippen LogP contribution in [0.1, 0.15) is 18.4 Å². The number of benzene rings is 1. The van der Waals surface area contributed by atoms with Gasteiger partial charge in [-0.25, -0.2) is 4.39 Å². The van der Waals surface area contributed by atoms with Crippen LogP contribution in [0.2, 0.25) is 0 Å². The molecule has 0 aliphatic carbocycles. The monoisotopic (exact) mass is 221 g/mol. The van der Waals surface area contributed by atoms with E-state index in [0.29, 0.717) is 12.4 Å². The summed E-state index contributed by atoms with van der Waals surface area (Å²) >= 11 is 0. The first-order valence-corrected chi connectivity index (χ1v) is 5.23. The Labute approximate surface area is 93.4 Å². The van der Waals surface area contributed by atoms with Gasteiger partial charge in [-0.1, -0.05) is 0 Å². The van der Waals surface area contributed by atoms with Gasteiger partial charge in [-0.2, -0.15) is 5.26 Å². The van der Waals surface area contributed by atoms with Crippen LogP contribution in [0.5, 0.6) is 5.75 Å². The van der Waals surface area contributed by atoms with Crippen LogP contribution in [0.4, 0.5) is 4.39 Å². The fraction of sp³-hybridized carbons (Fsp3) is 0.417. The lowest BCUT2D eigenvalue weighted by Gasteiger charge is -2.11. The molecule has 1 aliphatic heterocycles. The number of hydrogen-bond donors (Lipinski definition) is 0. The van der Waals surface area contributed by atoms with Crippen LogP contribution in [-0.2, 0) is 4.74 Å². The highest BCUT2D eigenvalue weighted by Crippen LogP contribution is 2.18. The van der Waals surface area contributed by atoms with Crippen molar-refractivity contribution in [2.24, 2.45) is 0 Å². The summed E-state index contributed by atoms with van der Waals surface area (Å²) in [5.41, 5.74) is 0.266. The number of nitrogens with zero attached hydrogens (tertiary/aromatic N) is 1. The molecule has 1 aliphatic rings. The smallest absolute Gasteiger partial charge is 0.128 e. The van der Waals surface area contributed by atoms with E-state index in [4.69, 9.17) is 14.7 Å². The summed E-state index contributed by atoms with van der Waals surface area (Å²) in [4.78, 5) is 0.